The van der Waals surface area contributed by atoms with E-state index in [1.807, 2.05) is 24.3 Å². The maximum absolute atomic E-state index is 10.4. The van der Waals surface area contributed by atoms with E-state index in [-0.39, 0.29) is 0 Å². The van der Waals surface area contributed by atoms with Gasteiger partial charge in [0.1, 0.15) is 12.4 Å². The minimum absolute atomic E-state index is 0.305. The number of hydrogen-bond acceptors (Lipinski definition) is 2. The van der Waals surface area contributed by atoms with Crippen LogP contribution in [0, 0.1) is 0 Å². The zero-order valence-corrected chi connectivity index (χ0v) is 9.56. The smallest absolute Gasteiger partial charge is 0.328 e. The minimum Gasteiger partial charge on any atom is -0.489 e. The van der Waals surface area contributed by atoms with Gasteiger partial charge < -0.3 is 9.84 Å². The first-order valence-corrected chi connectivity index (χ1v) is 5.23. The van der Waals surface area contributed by atoms with Gasteiger partial charge in [-0.15, -0.1) is 0 Å². The molecular weight excluding hydrogens is 204 g/mol. The molecule has 16 heavy (non-hydrogen) atoms. The molecule has 1 N–H and O–H groups in total. The fourth-order valence-electron chi connectivity index (χ4n) is 1.30. The largest absolute Gasteiger partial charge is 0.489 e. The van der Waals surface area contributed by atoms with Crippen LogP contribution in [0.3, 0.4) is 0 Å². The monoisotopic (exact) mass is 220 g/mol. The molecule has 3 heteroatoms. The molecule has 0 saturated carbocycles. The van der Waals surface area contributed by atoms with Gasteiger partial charge in [0, 0.05) is 6.08 Å². The van der Waals surface area contributed by atoms with Crippen molar-refractivity contribution < 1.29 is 14.6 Å². The first-order chi connectivity index (χ1) is 7.61. The second-order valence-electron chi connectivity index (χ2n) is 3.62. The summed E-state index contributed by atoms with van der Waals surface area (Å²) in [5.74, 6) is -0.166. The Bertz CT molecular complexity index is 394. The van der Waals surface area contributed by atoms with Crippen LogP contribution in [-0.2, 0) is 11.2 Å². The number of benzene rings is 1. The van der Waals surface area contributed by atoms with Gasteiger partial charge in [-0.25, -0.2) is 4.79 Å². The van der Waals surface area contributed by atoms with Gasteiger partial charge in [-0.2, -0.15) is 0 Å². The maximum atomic E-state index is 10.4. The van der Waals surface area contributed by atoms with Gasteiger partial charge in [-0.05, 0) is 36.6 Å². The van der Waals surface area contributed by atoms with Crippen LogP contribution >= 0.6 is 0 Å². The minimum atomic E-state index is -0.941. The summed E-state index contributed by atoms with van der Waals surface area (Å²) >= 11 is 0. The van der Waals surface area contributed by atoms with Crippen LogP contribution in [0.15, 0.2) is 35.9 Å². The summed E-state index contributed by atoms with van der Waals surface area (Å²) in [6, 6.07) is 7.80. The molecule has 1 rings (SSSR count). The summed E-state index contributed by atoms with van der Waals surface area (Å²) in [6.45, 7) is 4.12. The number of ether oxygens (including phenoxy) is 1. The number of carbonyl (C=O) groups is 1. The Balaban J connectivity index is 2.57. The molecule has 3 nitrogen and oxygen atoms in total. The zero-order valence-electron chi connectivity index (χ0n) is 9.56. The Morgan fingerprint density at radius 3 is 2.88 bits per heavy atom. The Labute approximate surface area is 95.4 Å². The Morgan fingerprint density at radius 1 is 1.50 bits per heavy atom. The molecule has 0 bridgehead atoms. The predicted octanol–water partition coefficient (Wildman–Crippen LogP) is 2.66. The van der Waals surface area contributed by atoms with Crippen LogP contribution in [0.2, 0.25) is 0 Å². The van der Waals surface area contributed by atoms with Crippen molar-refractivity contribution in [3.63, 3.8) is 0 Å². The van der Waals surface area contributed by atoms with Crippen LogP contribution in [-0.4, -0.2) is 17.7 Å². The lowest BCUT2D eigenvalue weighted by molar-refractivity contribution is -0.131. The van der Waals surface area contributed by atoms with Gasteiger partial charge >= 0.3 is 5.97 Å². The van der Waals surface area contributed by atoms with Crippen molar-refractivity contribution in [2.75, 3.05) is 6.61 Å². The fraction of sp³-hybridized carbons (Fsp3) is 0.308. The van der Waals surface area contributed by atoms with Crippen molar-refractivity contribution in [2.24, 2.45) is 0 Å². The van der Waals surface area contributed by atoms with Gasteiger partial charge in [0.25, 0.3) is 0 Å². The lowest BCUT2D eigenvalue weighted by Gasteiger charge is -2.07. The van der Waals surface area contributed by atoms with E-state index in [0.717, 1.165) is 18.2 Å². The Morgan fingerprint density at radius 2 is 2.25 bits per heavy atom. The van der Waals surface area contributed by atoms with Crippen molar-refractivity contribution in [3.05, 3.63) is 41.5 Å². The summed E-state index contributed by atoms with van der Waals surface area (Å²) in [6.07, 6.45) is 2.12. The lowest BCUT2D eigenvalue weighted by atomic mass is 10.2. The quantitative estimate of drug-likeness (QED) is 0.776. The lowest BCUT2D eigenvalue weighted by Crippen LogP contribution is -2.01. The van der Waals surface area contributed by atoms with Crippen molar-refractivity contribution >= 4 is 5.97 Å². The Hall–Kier alpha value is -1.77. The third kappa shape index (κ3) is 4.17. The molecule has 0 fully saturated rings. The molecule has 0 heterocycles. The van der Waals surface area contributed by atoms with E-state index in [4.69, 9.17) is 9.84 Å². The molecule has 1 aromatic rings. The van der Waals surface area contributed by atoms with Crippen molar-refractivity contribution in [1.29, 1.82) is 0 Å². The molecule has 1 aromatic carbocycles. The number of hydrogen-bond donors (Lipinski definition) is 1. The third-order valence-electron chi connectivity index (χ3n) is 2.14. The van der Waals surface area contributed by atoms with E-state index in [9.17, 15) is 4.79 Å². The first kappa shape index (κ1) is 12.3. The maximum Gasteiger partial charge on any atom is 0.328 e. The summed E-state index contributed by atoms with van der Waals surface area (Å²) in [5.41, 5.74) is 1.90. The number of aryl methyl sites for hydroxylation is 1. The molecule has 0 atom stereocenters. The number of aliphatic carboxylic acids is 1. The molecule has 0 amide bonds. The highest BCUT2D eigenvalue weighted by molar-refractivity contribution is 5.80. The van der Waals surface area contributed by atoms with Crippen molar-refractivity contribution in [2.45, 2.75) is 20.3 Å². The summed E-state index contributed by atoms with van der Waals surface area (Å²) in [4.78, 5) is 10.4. The fourth-order valence-corrected chi connectivity index (χ4v) is 1.30. The SMILES string of the molecule is CCc1cccc(OC/C(C)=C/C(=O)O)c1. The molecule has 0 aromatic heterocycles. The van der Waals surface area contributed by atoms with Crippen LogP contribution in [0.25, 0.3) is 0 Å². The Kier molecular flexibility index (Phi) is 4.58. The van der Waals surface area contributed by atoms with E-state index in [2.05, 4.69) is 6.92 Å². The van der Waals surface area contributed by atoms with Crippen LogP contribution in [0.4, 0.5) is 0 Å². The molecule has 0 aliphatic rings. The summed E-state index contributed by atoms with van der Waals surface area (Å²) < 4.78 is 5.48. The van der Waals surface area contributed by atoms with E-state index in [1.165, 1.54) is 5.56 Å². The van der Waals surface area contributed by atoms with Crippen LogP contribution in [0.1, 0.15) is 19.4 Å². The highest BCUT2D eigenvalue weighted by Gasteiger charge is 1.98. The molecule has 0 aliphatic carbocycles. The molecule has 0 unspecified atom stereocenters. The first-order valence-electron chi connectivity index (χ1n) is 5.23. The van der Waals surface area contributed by atoms with E-state index >= 15 is 0 Å². The highest BCUT2D eigenvalue weighted by Crippen LogP contribution is 2.14. The van der Waals surface area contributed by atoms with Gasteiger partial charge in [0.05, 0.1) is 0 Å². The van der Waals surface area contributed by atoms with Gasteiger partial charge in [-0.3, -0.25) is 0 Å². The number of rotatable bonds is 5. The predicted molar refractivity (Wildman–Crippen MR) is 62.7 cm³/mol. The van der Waals surface area contributed by atoms with E-state index in [0.29, 0.717) is 12.2 Å². The number of carboxylic acids is 1. The molecule has 0 spiro atoms. The van der Waals surface area contributed by atoms with Crippen molar-refractivity contribution in [3.8, 4) is 5.75 Å². The normalized spacial score (nSPS) is 11.2. The van der Waals surface area contributed by atoms with Crippen molar-refractivity contribution in [1.82, 2.24) is 0 Å². The standard InChI is InChI=1S/C13H16O3/c1-3-11-5-4-6-12(8-11)16-9-10(2)7-13(14)15/h4-8H,3,9H2,1-2H3,(H,14,15)/b10-7+. The second-order valence-corrected chi connectivity index (χ2v) is 3.62. The molecule has 0 radical (unpaired) electrons. The topological polar surface area (TPSA) is 46.5 Å². The summed E-state index contributed by atoms with van der Waals surface area (Å²) in [5, 5.41) is 8.53. The third-order valence-corrected chi connectivity index (χ3v) is 2.14. The number of carboxylic acid groups (broad SMARTS) is 1. The molecule has 86 valence electrons. The van der Waals surface area contributed by atoms with Gasteiger partial charge in [-0.1, -0.05) is 19.1 Å². The van der Waals surface area contributed by atoms with Gasteiger partial charge in [0.15, 0.2) is 0 Å². The van der Waals surface area contributed by atoms with Crippen LogP contribution in [0.5, 0.6) is 5.75 Å². The average Bonchev–Trinajstić information content (AvgIpc) is 2.26. The van der Waals surface area contributed by atoms with E-state index in [1.54, 1.807) is 6.92 Å². The highest BCUT2D eigenvalue weighted by atomic mass is 16.5. The zero-order chi connectivity index (χ0) is 12.0. The average molecular weight is 220 g/mol. The summed E-state index contributed by atoms with van der Waals surface area (Å²) in [7, 11) is 0. The van der Waals surface area contributed by atoms with Gasteiger partial charge in [0.2, 0.25) is 0 Å². The molecule has 0 aliphatic heterocycles. The molecule has 0 saturated heterocycles. The molecular formula is C13H16O3. The van der Waals surface area contributed by atoms with Crippen LogP contribution < -0.4 is 4.74 Å². The second kappa shape index (κ2) is 5.95. The van der Waals surface area contributed by atoms with E-state index < -0.39 is 5.97 Å².